The lowest BCUT2D eigenvalue weighted by Crippen LogP contribution is -2.42. The van der Waals surface area contributed by atoms with Gasteiger partial charge in [0.1, 0.15) is 0 Å². The first-order chi connectivity index (χ1) is 8.92. The summed E-state index contributed by atoms with van der Waals surface area (Å²) in [7, 11) is 0.717. The van der Waals surface area contributed by atoms with Crippen molar-refractivity contribution in [3.8, 4) is 0 Å². The highest BCUT2D eigenvalue weighted by atomic mass is 28.4. The minimum atomic E-state index is -2.53. The third-order valence-electron chi connectivity index (χ3n) is 2.14. The largest absolute Gasteiger partial charge is 0.549 e. The van der Waals surface area contributed by atoms with E-state index in [-0.39, 0.29) is 5.97 Å². The Hall–Kier alpha value is -0.876. The van der Waals surface area contributed by atoms with Gasteiger partial charge in [-0.05, 0) is 13.3 Å². The molecule has 0 unspecified atom stereocenters. The SMILES string of the molecule is C=C(C)C(=O)OCCC[Si](OC)(OC)OC.O=[Si]=O. The van der Waals surface area contributed by atoms with Crippen molar-refractivity contribution in [2.75, 3.05) is 27.9 Å². The van der Waals surface area contributed by atoms with Crippen LogP contribution >= 0.6 is 0 Å². The minimum Gasteiger partial charge on any atom is -0.462 e. The molecule has 0 bridgehead atoms. The molecule has 0 N–H and O–H groups in total. The molecule has 0 radical (unpaired) electrons. The first-order valence-corrected chi connectivity index (χ1v) is 8.15. The van der Waals surface area contributed by atoms with Crippen LogP contribution in [0.5, 0.6) is 0 Å². The van der Waals surface area contributed by atoms with Crippen LogP contribution in [0.1, 0.15) is 13.3 Å². The van der Waals surface area contributed by atoms with Crippen LogP contribution in [-0.4, -0.2) is 52.0 Å². The third kappa shape index (κ3) is 9.67. The molecule has 0 spiro atoms. The Balaban J connectivity index is 0. The Morgan fingerprint density at radius 3 is 1.89 bits per heavy atom. The van der Waals surface area contributed by atoms with E-state index in [1.165, 1.54) is 0 Å². The monoisotopic (exact) mass is 308 g/mol. The molecule has 0 aromatic rings. The molecule has 0 saturated carbocycles. The molecule has 0 fully saturated rings. The first-order valence-electron chi connectivity index (χ1n) is 5.40. The first kappa shape index (κ1) is 20.4. The lowest BCUT2D eigenvalue weighted by molar-refractivity contribution is -0.139. The fourth-order valence-electron chi connectivity index (χ4n) is 1.13. The van der Waals surface area contributed by atoms with E-state index < -0.39 is 18.1 Å². The summed E-state index contributed by atoms with van der Waals surface area (Å²) in [6, 6.07) is 0.611. The van der Waals surface area contributed by atoms with Gasteiger partial charge in [0, 0.05) is 32.9 Å². The van der Waals surface area contributed by atoms with E-state index in [0.717, 1.165) is 0 Å². The second-order valence-electron chi connectivity index (χ2n) is 3.40. The van der Waals surface area contributed by atoms with Gasteiger partial charge >= 0.3 is 24.1 Å². The van der Waals surface area contributed by atoms with Gasteiger partial charge in [0.25, 0.3) is 0 Å². The van der Waals surface area contributed by atoms with Crippen molar-refractivity contribution in [3.63, 3.8) is 0 Å². The van der Waals surface area contributed by atoms with Gasteiger partial charge < -0.3 is 18.0 Å². The molecule has 0 amide bonds. The Bertz CT molecular complexity index is 301. The predicted octanol–water partition coefficient (Wildman–Crippen LogP) is 0.755. The molecule has 9 heteroatoms. The molecule has 7 nitrogen and oxygen atoms in total. The van der Waals surface area contributed by atoms with Crippen LogP contribution in [-0.2, 0) is 31.7 Å². The lowest BCUT2D eigenvalue weighted by atomic mass is 10.4. The number of carbonyl (C=O) groups is 1. The number of esters is 1. The molecule has 0 aliphatic heterocycles. The average molecular weight is 308 g/mol. The summed E-state index contributed by atoms with van der Waals surface area (Å²) in [6.07, 6.45) is 0.640. The molecule has 0 atom stereocenters. The van der Waals surface area contributed by atoms with Gasteiger partial charge in [-0.3, -0.25) is 8.92 Å². The van der Waals surface area contributed by atoms with Crippen molar-refractivity contribution in [1.82, 2.24) is 0 Å². The van der Waals surface area contributed by atoms with E-state index in [4.69, 9.17) is 26.9 Å². The van der Waals surface area contributed by atoms with Crippen LogP contribution in [0.25, 0.3) is 0 Å². The van der Waals surface area contributed by atoms with Crippen molar-refractivity contribution in [3.05, 3.63) is 12.2 Å². The van der Waals surface area contributed by atoms with E-state index in [9.17, 15) is 4.79 Å². The Morgan fingerprint density at radius 1 is 1.16 bits per heavy atom. The van der Waals surface area contributed by atoms with Crippen molar-refractivity contribution >= 4 is 24.1 Å². The number of rotatable bonds is 8. The predicted molar refractivity (Wildman–Crippen MR) is 69.1 cm³/mol. The summed E-state index contributed by atoms with van der Waals surface area (Å²) >= 11 is 0. The van der Waals surface area contributed by atoms with Crippen LogP contribution in [0.15, 0.2) is 12.2 Å². The second kappa shape index (κ2) is 12.2. The third-order valence-corrected chi connectivity index (χ3v) is 4.97. The zero-order chi connectivity index (χ0) is 15.3. The molecular weight excluding hydrogens is 288 g/mol. The molecule has 110 valence electrons. The van der Waals surface area contributed by atoms with Gasteiger partial charge in [0.05, 0.1) is 6.61 Å². The van der Waals surface area contributed by atoms with Crippen LogP contribution in [0.3, 0.4) is 0 Å². The van der Waals surface area contributed by atoms with Gasteiger partial charge in [-0.2, -0.15) is 0 Å². The van der Waals surface area contributed by atoms with Gasteiger partial charge in [0.15, 0.2) is 0 Å². The van der Waals surface area contributed by atoms with E-state index in [0.29, 0.717) is 24.6 Å². The van der Waals surface area contributed by atoms with Crippen LogP contribution < -0.4 is 0 Å². The summed E-state index contributed by atoms with van der Waals surface area (Å²) in [6.45, 7) is 5.42. The number of hydrogen-bond acceptors (Lipinski definition) is 7. The van der Waals surface area contributed by atoms with Crippen LogP contribution in [0, 0.1) is 0 Å². The van der Waals surface area contributed by atoms with Crippen molar-refractivity contribution in [2.45, 2.75) is 19.4 Å². The molecule has 0 aliphatic rings. The highest BCUT2D eigenvalue weighted by molar-refractivity contribution is 6.60. The fraction of sp³-hybridized carbons (Fsp3) is 0.700. The molecule has 0 heterocycles. The lowest BCUT2D eigenvalue weighted by Gasteiger charge is -2.24. The molecule has 0 rings (SSSR count). The summed E-state index contributed by atoms with van der Waals surface area (Å²) in [5.74, 6) is -0.375. The molecular formula is C10H20O7Si2. The molecule has 19 heavy (non-hydrogen) atoms. The summed E-state index contributed by atoms with van der Waals surface area (Å²) in [5.41, 5.74) is 0.397. The van der Waals surface area contributed by atoms with Crippen LogP contribution in [0.4, 0.5) is 0 Å². The van der Waals surface area contributed by atoms with Gasteiger partial charge in [-0.15, -0.1) is 0 Å². The second-order valence-corrected chi connectivity index (χ2v) is 6.66. The topological polar surface area (TPSA) is 88.1 Å². The fourth-order valence-corrected chi connectivity index (χ4v) is 2.82. The van der Waals surface area contributed by atoms with Crippen LogP contribution in [0.2, 0.25) is 6.04 Å². The Kier molecular flexibility index (Phi) is 13.1. The smallest absolute Gasteiger partial charge is 0.462 e. The quantitative estimate of drug-likeness (QED) is 0.283. The zero-order valence-corrected chi connectivity index (χ0v) is 13.7. The molecule has 0 aromatic carbocycles. The normalized spacial score (nSPS) is 9.89. The Morgan fingerprint density at radius 2 is 1.58 bits per heavy atom. The summed E-state index contributed by atoms with van der Waals surface area (Å²) in [5, 5.41) is 0. The molecule has 0 aromatic heterocycles. The van der Waals surface area contributed by atoms with Crippen molar-refractivity contribution < 1.29 is 31.7 Å². The summed E-state index contributed by atoms with van der Waals surface area (Å²) < 4.78 is 37.4. The number of carbonyl (C=O) groups excluding carboxylic acids is 1. The van der Waals surface area contributed by atoms with E-state index in [2.05, 4.69) is 6.58 Å². The maximum atomic E-state index is 11.1. The van der Waals surface area contributed by atoms with Crippen molar-refractivity contribution in [2.24, 2.45) is 0 Å². The van der Waals surface area contributed by atoms with E-state index in [1.807, 2.05) is 0 Å². The standard InChI is InChI=1S/C10H20O5Si.O2Si/c1-9(2)10(11)15-7-6-8-16(12-3,13-4)14-5;1-3-2/h1,6-8H2,2-5H3;. The Labute approximate surface area is 116 Å². The van der Waals surface area contributed by atoms with E-state index >= 15 is 0 Å². The molecule has 0 saturated heterocycles. The maximum absolute atomic E-state index is 11.1. The highest BCUT2D eigenvalue weighted by Gasteiger charge is 2.36. The van der Waals surface area contributed by atoms with Gasteiger partial charge in [-0.1, -0.05) is 6.58 Å². The zero-order valence-electron chi connectivity index (χ0n) is 11.7. The highest BCUT2D eigenvalue weighted by Crippen LogP contribution is 2.14. The van der Waals surface area contributed by atoms with E-state index in [1.54, 1.807) is 28.3 Å². The maximum Gasteiger partial charge on any atom is 0.549 e. The average Bonchev–Trinajstić information content (AvgIpc) is 2.40. The van der Waals surface area contributed by atoms with Crippen molar-refractivity contribution in [1.29, 1.82) is 0 Å². The summed E-state index contributed by atoms with van der Waals surface area (Å²) in [4.78, 5) is 11.1. The number of hydrogen-bond donors (Lipinski definition) is 0. The number of ether oxygens (including phenoxy) is 1. The minimum absolute atomic E-state index is 0.316. The van der Waals surface area contributed by atoms with Gasteiger partial charge in [-0.25, -0.2) is 4.79 Å². The van der Waals surface area contributed by atoms with Gasteiger partial charge in [0.2, 0.25) is 0 Å². The molecule has 0 aliphatic carbocycles.